The maximum absolute atomic E-state index is 9.67. The van der Waals surface area contributed by atoms with Gasteiger partial charge < -0.3 is 20.1 Å². The summed E-state index contributed by atoms with van der Waals surface area (Å²) in [6.45, 7) is 2.21. The molecule has 5 nitrogen and oxygen atoms in total. The van der Waals surface area contributed by atoms with Crippen LogP contribution in [-0.2, 0) is 13.6 Å². The van der Waals surface area contributed by atoms with E-state index in [2.05, 4.69) is 10.3 Å². The summed E-state index contributed by atoms with van der Waals surface area (Å²) >= 11 is 0. The van der Waals surface area contributed by atoms with Gasteiger partial charge in [-0.05, 0) is 19.1 Å². The molecule has 0 bridgehead atoms. The molecule has 1 aromatic carbocycles. The normalized spacial score (nSPS) is 14.9. The Kier molecular flexibility index (Phi) is 3.65. The smallest absolute Gasteiger partial charge is 0.123 e. The second-order valence-corrected chi connectivity index (χ2v) is 4.83. The van der Waals surface area contributed by atoms with Gasteiger partial charge in [-0.1, -0.05) is 12.1 Å². The highest BCUT2D eigenvalue weighted by Crippen LogP contribution is 2.14. The van der Waals surface area contributed by atoms with Crippen molar-refractivity contribution in [1.82, 2.24) is 14.9 Å². The van der Waals surface area contributed by atoms with Crippen molar-refractivity contribution in [3.05, 3.63) is 30.1 Å². The van der Waals surface area contributed by atoms with Crippen molar-refractivity contribution < 1.29 is 10.2 Å². The van der Waals surface area contributed by atoms with Crippen molar-refractivity contribution in [2.24, 2.45) is 7.05 Å². The number of imidazole rings is 1. The van der Waals surface area contributed by atoms with Crippen molar-refractivity contribution >= 4 is 11.0 Å². The third-order valence-electron chi connectivity index (χ3n) is 3.01. The van der Waals surface area contributed by atoms with Gasteiger partial charge in [-0.25, -0.2) is 4.98 Å². The Labute approximate surface area is 106 Å². The van der Waals surface area contributed by atoms with Crippen LogP contribution < -0.4 is 5.32 Å². The van der Waals surface area contributed by atoms with Gasteiger partial charge in [-0.3, -0.25) is 0 Å². The van der Waals surface area contributed by atoms with Gasteiger partial charge in [0.15, 0.2) is 0 Å². The van der Waals surface area contributed by atoms with E-state index in [1.807, 2.05) is 35.9 Å². The molecule has 0 aliphatic rings. The molecule has 0 spiro atoms. The van der Waals surface area contributed by atoms with Gasteiger partial charge in [-0.15, -0.1) is 0 Å². The van der Waals surface area contributed by atoms with Crippen LogP contribution >= 0.6 is 0 Å². The Balaban J connectivity index is 2.06. The topological polar surface area (TPSA) is 70.3 Å². The molecule has 98 valence electrons. The molecule has 1 unspecified atom stereocenters. The maximum atomic E-state index is 9.67. The van der Waals surface area contributed by atoms with Crippen LogP contribution in [0.5, 0.6) is 0 Å². The standard InChI is InChI=1S/C13H19N3O2/c1-13(18,9-17)8-14-7-12-15-10-5-3-4-6-11(10)16(12)2/h3-6,14,17-18H,7-9H2,1-2H3. The summed E-state index contributed by atoms with van der Waals surface area (Å²) in [4.78, 5) is 4.51. The number of aromatic nitrogens is 2. The lowest BCUT2D eigenvalue weighted by atomic mass is 10.1. The summed E-state index contributed by atoms with van der Waals surface area (Å²) in [5.41, 5.74) is 0.957. The van der Waals surface area contributed by atoms with E-state index in [1.165, 1.54) is 0 Å². The Hall–Kier alpha value is -1.43. The molecule has 1 heterocycles. The molecule has 0 aliphatic carbocycles. The summed E-state index contributed by atoms with van der Waals surface area (Å²) < 4.78 is 2.02. The number of benzene rings is 1. The number of nitrogens with one attached hydrogen (secondary N) is 1. The van der Waals surface area contributed by atoms with E-state index in [9.17, 15) is 5.11 Å². The van der Waals surface area contributed by atoms with Crippen LogP contribution in [0.25, 0.3) is 11.0 Å². The van der Waals surface area contributed by atoms with E-state index in [-0.39, 0.29) is 6.61 Å². The van der Waals surface area contributed by atoms with Gasteiger partial charge in [0.1, 0.15) is 5.82 Å². The van der Waals surface area contributed by atoms with Crippen LogP contribution in [0, 0.1) is 0 Å². The molecule has 0 saturated heterocycles. The number of para-hydroxylation sites is 2. The number of nitrogens with zero attached hydrogens (tertiary/aromatic N) is 2. The molecule has 0 amide bonds. The highest BCUT2D eigenvalue weighted by Gasteiger charge is 2.18. The van der Waals surface area contributed by atoms with Gasteiger partial charge in [0.2, 0.25) is 0 Å². The predicted octanol–water partition coefficient (Wildman–Crippen LogP) is 0.406. The Morgan fingerprint density at radius 1 is 1.39 bits per heavy atom. The first-order valence-electron chi connectivity index (χ1n) is 5.98. The molecule has 5 heteroatoms. The fraction of sp³-hybridized carbons (Fsp3) is 0.462. The molecule has 2 aromatic rings. The van der Waals surface area contributed by atoms with Gasteiger partial charge in [-0.2, -0.15) is 0 Å². The summed E-state index contributed by atoms with van der Waals surface area (Å²) in [5, 5.41) is 21.7. The molecule has 0 radical (unpaired) electrons. The quantitative estimate of drug-likeness (QED) is 0.717. The van der Waals surface area contributed by atoms with Crippen molar-refractivity contribution in [3.8, 4) is 0 Å². The third kappa shape index (κ3) is 2.69. The summed E-state index contributed by atoms with van der Waals surface area (Å²) in [6.07, 6.45) is 0. The van der Waals surface area contributed by atoms with E-state index in [0.717, 1.165) is 16.9 Å². The molecule has 3 N–H and O–H groups in total. The average Bonchev–Trinajstić information content (AvgIpc) is 2.67. The van der Waals surface area contributed by atoms with Crippen molar-refractivity contribution in [3.63, 3.8) is 0 Å². The fourth-order valence-corrected chi connectivity index (χ4v) is 1.85. The average molecular weight is 249 g/mol. The van der Waals surface area contributed by atoms with Gasteiger partial charge in [0, 0.05) is 13.6 Å². The molecule has 1 atom stereocenters. The minimum Gasteiger partial charge on any atom is -0.393 e. The number of aliphatic hydroxyl groups excluding tert-OH is 1. The van der Waals surface area contributed by atoms with Crippen LogP contribution in [0.4, 0.5) is 0 Å². The van der Waals surface area contributed by atoms with E-state index < -0.39 is 5.60 Å². The second kappa shape index (κ2) is 5.06. The molecule has 18 heavy (non-hydrogen) atoms. The number of aliphatic hydroxyl groups is 2. The highest BCUT2D eigenvalue weighted by molar-refractivity contribution is 5.75. The van der Waals surface area contributed by atoms with Crippen LogP contribution in [0.2, 0.25) is 0 Å². The Morgan fingerprint density at radius 2 is 2.11 bits per heavy atom. The van der Waals surface area contributed by atoms with Crippen molar-refractivity contribution in [1.29, 1.82) is 0 Å². The first kappa shape index (κ1) is 13.0. The van der Waals surface area contributed by atoms with Gasteiger partial charge >= 0.3 is 0 Å². The number of hydrogen-bond acceptors (Lipinski definition) is 4. The SMILES string of the molecule is Cn1c(CNCC(C)(O)CO)nc2ccccc21. The number of fused-ring (bicyclic) bond motifs is 1. The van der Waals surface area contributed by atoms with E-state index >= 15 is 0 Å². The number of rotatable bonds is 5. The molecular formula is C13H19N3O2. The first-order valence-corrected chi connectivity index (χ1v) is 5.98. The molecule has 0 saturated carbocycles. The largest absolute Gasteiger partial charge is 0.393 e. The van der Waals surface area contributed by atoms with E-state index in [1.54, 1.807) is 6.92 Å². The van der Waals surface area contributed by atoms with E-state index in [0.29, 0.717) is 13.1 Å². The molecule has 0 fully saturated rings. The molecule has 0 aliphatic heterocycles. The van der Waals surface area contributed by atoms with Gasteiger partial charge in [0.05, 0.1) is 29.8 Å². The highest BCUT2D eigenvalue weighted by atomic mass is 16.3. The zero-order valence-electron chi connectivity index (χ0n) is 10.7. The zero-order chi connectivity index (χ0) is 13.2. The minimum absolute atomic E-state index is 0.261. The number of aryl methyl sites for hydroxylation is 1. The minimum atomic E-state index is -1.09. The summed E-state index contributed by atoms with van der Waals surface area (Å²) in [7, 11) is 1.97. The molecular weight excluding hydrogens is 230 g/mol. The van der Waals surface area contributed by atoms with Gasteiger partial charge in [0.25, 0.3) is 0 Å². The van der Waals surface area contributed by atoms with E-state index in [4.69, 9.17) is 5.11 Å². The summed E-state index contributed by atoms with van der Waals surface area (Å²) in [5.74, 6) is 0.907. The van der Waals surface area contributed by atoms with Crippen LogP contribution in [0.1, 0.15) is 12.7 Å². The monoisotopic (exact) mass is 249 g/mol. The maximum Gasteiger partial charge on any atom is 0.123 e. The van der Waals surface area contributed by atoms with Crippen LogP contribution in [0.15, 0.2) is 24.3 Å². The Bertz CT molecular complexity index is 534. The van der Waals surface area contributed by atoms with Crippen molar-refractivity contribution in [2.45, 2.75) is 19.1 Å². The third-order valence-corrected chi connectivity index (χ3v) is 3.01. The zero-order valence-corrected chi connectivity index (χ0v) is 10.7. The summed E-state index contributed by atoms with van der Waals surface area (Å²) in [6, 6.07) is 7.94. The number of hydrogen-bond donors (Lipinski definition) is 3. The lowest BCUT2D eigenvalue weighted by molar-refractivity contribution is 0.00240. The molecule has 1 aromatic heterocycles. The first-order chi connectivity index (χ1) is 8.53. The van der Waals surface area contributed by atoms with Crippen molar-refractivity contribution in [2.75, 3.05) is 13.2 Å². The van der Waals surface area contributed by atoms with Crippen LogP contribution in [-0.4, -0.2) is 38.5 Å². The predicted molar refractivity (Wildman–Crippen MR) is 70.1 cm³/mol. The fourth-order valence-electron chi connectivity index (χ4n) is 1.85. The lowest BCUT2D eigenvalue weighted by Gasteiger charge is -2.20. The second-order valence-electron chi connectivity index (χ2n) is 4.83. The molecule has 2 rings (SSSR count). The lowest BCUT2D eigenvalue weighted by Crippen LogP contribution is -2.40. The van der Waals surface area contributed by atoms with Crippen LogP contribution in [0.3, 0.4) is 0 Å². The Morgan fingerprint density at radius 3 is 2.78 bits per heavy atom.